The molecule has 3 nitrogen and oxygen atoms in total. The topological polar surface area (TPSA) is 42.0 Å². The molecule has 0 radical (unpaired) electrons. The number of nitrogens with zero attached hydrogens (tertiary/aromatic N) is 1. The maximum Gasteiger partial charge on any atom is 0.250 e. The van der Waals surface area contributed by atoms with E-state index in [-0.39, 0.29) is 5.91 Å². The van der Waals surface area contributed by atoms with Crippen molar-refractivity contribution < 1.29 is 4.79 Å². The standard InChI is InChI=1S/C19H14Cl2N2OS/c20-16-7-3-1-5-13(16)9-10-18(24)23-19-22-12-15(25-19)11-14-6-2-4-8-17(14)21/h1-10,12H,11H2,(H,22,23,24). The van der Waals surface area contributed by atoms with Crippen LogP contribution >= 0.6 is 34.5 Å². The molecule has 0 saturated heterocycles. The number of thiazole rings is 1. The van der Waals surface area contributed by atoms with Crippen LogP contribution in [-0.4, -0.2) is 10.9 Å². The molecule has 1 amide bonds. The molecule has 126 valence electrons. The van der Waals surface area contributed by atoms with Crippen LogP contribution in [0.15, 0.2) is 60.8 Å². The fourth-order valence-corrected chi connectivity index (χ4v) is 3.44. The highest BCUT2D eigenvalue weighted by Gasteiger charge is 2.07. The third-order valence-corrected chi connectivity index (χ3v) is 5.05. The van der Waals surface area contributed by atoms with Crippen molar-refractivity contribution in [1.29, 1.82) is 0 Å². The highest BCUT2D eigenvalue weighted by molar-refractivity contribution is 7.15. The Hall–Kier alpha value is -2.14. The van der Waals surface area contributed by atoms with Crippen molar-refractivity contribution in [2.24, 2.45) is 0 Å². The van der Waals surface area contributed by atoms with Gasteiger partial charge in [0.1, 0.15) is 0 Å². The summed E-state index contributed by atoms with van der Waals surface area (Å²) in [6, 6.07) is 15.0. The highest BCUT2D eigenvalue weighted by atomic mass is 35.5. The molecule has 0 spiro atoms. The number of anilines is 1. The number of carbonyl (C=O) groups excluding carboxylic acids is 1. The Morgan fingerprint density at radius 1 is 1.08 bits per heavy atom. The van der Waals surface area contributed by atoms with Crippen LogP contribution in [0.1, 0.15) is 16.0 Å². The first-order chi connectivity index (χ1) is 12.1. The van der Waals surface area contributed by atoms with Crippen molar-refractivity contribution in [1.82, 2.24) is 4.98 Å². The van der Waals surface area contributed by atoms with E-state index in [1.165, 1.54) is 17.4 Å². The molecule has 0 fully saturated rings. The number of benzene rings is 2. The summed E-state index contributed by atoms with van der Waals surface area (Å²) >= 11 is 13.7. The summed E-state index contributed by atoms with van der Waals surface area (Å²) in [6.07, 6.45) is 5.55. The van der Waals surface area contributed by atoms with Crippen molar-refractivity contribution in [3.63, 3.8) is 0 Å². The first kappa shape index (κ1) is 17.7. The Kier molecular flexibility index (Phi) is 5.87. The Bertz CT molecular complexity index is 921. The lowest BCUT2D eigenvalue weighted by molar-refractivity contribution is -0.111. The minimum absolute atomic E-state index is 0.251. The van der Waals surface area contributed by atoms with Crippen molar-refractivity contribution >= 4 is 51.7 Å². The van der Waals surface area contributed by atoms with Crippen LogP contribution in [0.5, 0.6) is 0 Å². The second kappa shape index (κ2) is 8.30. The van der Waals surface area contributed by atoms with Crippen LogP contribution < -0.4 is 5.32 Å². The van der Waals surface area contributed by atoms with Gasteiger partial charge in [0.2, 0.25) is 5.91 Å². The van der Waals surface area contributed by atoms with Gasteiger partial charge in [0.05, 0.1) is 0 Å². The van der Waals surface area contributed by atoms with E-state index in [0.29, 0.717) is 16.6 Å². The summed E-state index contributed by atoms with van der Waals surface area (Å²) in [5, 5.41) is 4.64. The molecule has 25 heavy (non-hydrogen) atoms. The van der Waals surface area contributed by atoms with E-state index in [1.54, 1.807) is 18.3 Å². The number of amides is 1. The Morgan fingerprint density at radius 2 is 1.80 bits per heavy atom. The molecule has 2 aromatic carbocycles. The van der Waals surface area contributed by atoms with Crippen LogP contribution in [0.3, 0.4) is 0 Å². The molecule has 1 heterocycles. The maximum atomic E-state index is 12.0. The zero-order chi connectivity index (χ0) is 17.6. The minimum Gasteiger partial charge on any atom is -0.298 e. The van der Waals surface area contributed by atoms with E-state index in [1.807, 2.05) is 42.5 Å². The monoisotopic (exact) mass is 388 g/mol. The van der Waals surface area contributed by atoms with Gasteiger partial charge >= 0.3 is 0 Å². The van der Waals surface area contributed by atoms with E-state index in [2.05, 4.69) is 10.3 Å². The summed E-state index contributed by atoms with van der Waals surface area (Å²) in [4.78, 5) is 17.3. The number of halogens is 2. The van der Waals surface area contributed by atoms with Crippen LogP contribution in [0.4, 0.5) is 5.13 Å². The number of hydrogen-bond donors (Lipinski definition) is 1. The molecular formula is C19H14Cl2N2OS. The number of rotatable bonds is 5. The lowest BCUT2D eigenvalue weighted by atomic mass is 10.1. The molecule has 0 atom stereocenters. The van der Waals surface area contributed by atoms with Crippen molar-refractivity contribution in [3.05, 3.63) is 86.9 Å². The average Bonchev–Trinajstić information content (AvgIpc) is 3.03. The SMILES string of the molecule is O=C(C=Cc1ccccc1Cl)Nc1ncc(Cc2ccccc2Cl)s1. The molecule has 0 aliphatic rings. The third kappa shape index (κ3) is 4.92. The summed E-state index contributed by atoms with van der Waals surface area (Å²) < 4.78 is 0. The second-order valence-corrected chi connectivity index (χ2v) is 7.17. The van der Waals surface area contributed by atoms with Crippen molar-refractivity contribution in [2.75, 3.05) is 5.32 Å². The van der Waals surface area contributed by atoms with E-state index in [9.17, 15) is 4.79 Å². The molecular weight excluding hydrogens is 375 g/mol. The smallest absolute Gasteiger partial charge is 0.250 e. The fraction of sp³-hybridized carbons (Fsp3) is 0.0526. The predicted molar refractivity (Wildman–Crippen MR) is 105 cm³/mol. The molecule has 1 aromatic heterocycles. The molecule has 3 rings (SSSR count). The van der Waals surface area contributed by atoms with Gasteiger partial charge in [-0.1, -0.05) is 59.6 Å². The van der Waals surface area contributed by atoms with Crippen LogP contribution in [0.2, 0.25) is 10.0 Å². The molecule has 3 aromatic rings. The minimum atomic E-state index is -0.251. The summed E-state index contributed by atoms with van der Waals surface area (Å²) in [6.45, 7) is 0. The first-order valence-corrected chi connectivity index (χ1v) is 9.11. The maximum absolute atomic E-state index is 12.0. The van der Waals surface area contributed by atoms with E-state index < -0.39 is 0 Å². The first-order valence-electron chi connectivity index (χ1n) is 7.53. The van der Waals surface area contributed by atoms with Crippen molar-refractivity contribution in [2.45, 2.75) is 6.42 Å². The van der Waals surface area contributed by atoms with Gasteiger partial charge in [-0.2, -0.15) is 0 Å². The molecule has 1 N–H and O–H groups in total. The van der Waals surface area contributed by atoms with Gasteiger partial charge in [-0.15, -0.1) is 11.3 Å². The van der Waals surface area contributed by atoms with E-state index >= 15 is 0 Å². The quantitative estimate of drug-likeness (QED) is 0.570. The summed E-state index contributed by atoms with van der Waals surface area (Å²) in [5.41, 5.74) is 1.82. The normalized spacial score (nSPS) is 11.0. The van der Waals surface area contributed by atoms with Gasteiger partial charge in [-0.05, 0) is 29.3 Å². The lowest BCUT2D eigenvalue weighted by Crippen LogP contribution is -2.07. The summed E-state index contributed by atoms with van der Waals surface area (Å²) in [7, 11) is 0. The van der Waals surface area contributed by atoms with Gasteiger partial charge in [-0.25, -0.2) is 4.98 Å². The second-order valence-electron chi connectivity index (χ2n) is 5.24. The summed E-state index contributed by atoms with van der Waals surface area (Å²) in [5.74, 6) is -0.251. The molecule has 0 saturated carbocycles. The predicted octanol–water partition coefficient (Wildman–Crippen LogP) is 5.69. The largest absolute Gasteiger partial charge is 0.298 e. The number of aromatic nitrogens is 1. The van der Waals surface area contributed by atoms with Crippen LogP contribution in [-0.2, 0) is 11.2 Å². The number of nitrogens with one attached hydrogen (secondary N) is 1. The van der Waals surface area contributed by atoms with Gasteiger partial charge < -0.3 is 0 Å². The molecule has 6 heteroatoms. The molecule has 0 unspecified atom stereocenters. The highest BCUT2D eigenvalue weighted by Crippen LogP contribution is 2.24. The van der Waals surface area contributed by atoms with Crippen LogP contribution in [0.25, 0.3) is 6.08 Å². The lowest BCUT2D eigenvalue weighted by Gasteiger charge is -2.00. The fourth-order valence-electron chi connectivity index (χ4n) is 2.20. The van der Waals surface area contributed by atoms with Crippen LogP contribution in [0, 0.1) is 0 Å². The Labute approximate surface area is 159 Å². The number of hydrogen-bond acceptors (Lipinski definition) is 3. The average molecular weight is 389 g/mol. The third-order valence-electron chi connectivity index (χ3n) is 3.43. The molecule has 0 bridgehead atoms. The molecule has 0 aliphatic carbocycles. The number of carbonyl (C=O) groups is 1. The van der Waals surface area contributed by atoms with Gasteiger partial charge in [0, 0.05) is 33.6 Å². The molecule has 0 aliphatic heterocycles. The van der Waals surface area contributed by atoms with E-state index in [4.69, 9.17) is 23.2 Å². The van der Waals surface area contributed by atoms with E-state index in [0.717, 1.165) is 21.0 Å². The van der Waals surface area contributed by atoms with Gasteiger partial charge in [0.25, 0.3) is 0 Å². The zero-order valence-electron chi connectivity index (χ0n) is 13.1. The van der Waals surface area contributed by atoms with Gasteiger partial charge in [-0.3, -0.25) is 10.1 Å². The van der Waals surface area contributed by atoms with Gasteiger partial charge in [0.15, 0.2) is 5.13 Å². The Morgan fingerprint density at radius 3 is 2.56 bits per heavy atom. The zero-order valence-corrected chi connectivity index (χ0v) is 15.4. The Balaban J connectivity index is 1.62. The van der Waals surface area contributed by atoms with Crippen molar-refractivity contribution in [3.8, 4) is 0 Å².